The van der Waals surface area contributed by atoms with Crippen LogP contribution in [0.5, 0.6) is 0 Å². The van der Waals surface area contributed by atoms with E-state index < -0.39 is 10.0 Å². The van der Waals surface area contributed by atoms with Gasteiger partial charge in [0.1, 0.15) is 0 Å². The molecule has 5 nitrogen and oxygen atoms in total. The highest BCUT2D eigenvalue weighted by molar-refractivity contribution is 9.10. The highest BCUT2D eigenvalue weighted by atomic mass is 79.9. The van der Waals surface area contributed by atoms with Gasteiger partial charge in [-0.25, -0.2) is 8.42 Å². The second-order valence-corrected chi connectivity index (χ2v) is 8.74. The van der Waals surface area contributed by atoms with E-state index in [-0.39, 0.29) is 10.8 Å². The first-order valence-electron chi connectivity index (χ1n) is 8.55. The molecule has 0 aliphatic heterocycles. The Morgan fingerprint density at radius 1 is 0.962 bits per heavy atom. The van der Waals surface area contributed by atoms with Crippen LogP contribution in [0.1, 0.15) is 37.0 Å². The van der Waals surface area contributed by atoms with Gasteiger partial charge < -0.3 is 5.32 Å². The number of hydrogen-bond acceptors (Lipinski definition) is 3. The van der Waals surface area contributed by atoms with E-state index in [4.69, 9.17) is 0 Å². The summed E-state index contributed by atoms with van der Waals surface area (Å²) in [5.41, 5.74) is 1.08. The van der Waals surface area contributed by atoms with Crippen molar-refractivity contribution in [2.45, 2.75) is 31.6 Å². The molecule has 0 saturated heterocycles. The lowest BCUT2D eigenvalue weighted by Gasteiger charge is -2.21. The lowest BCUT2D eigenvalue weighted by molar-refractivity contribution is 0.102. The van der Waals surface area contributed by atoms with Gasteiger partial charge in [-0.3, -0.25) is 4.79 Å². The molecule has 2 rings (SSSR count). The van der Waals surface area contributed by atoms with Gasteiger partial charge >= 0.3 is 0 Å². The number of nitrogens with one attached hydrogen (secondary N) is 1. The van der Waals surface area contributed by atoms with Crippen LogP contribution in [0.25, 0.3) is 0 Å². The lowest BCUT2D eigenvalue weighted by atomic mass is 10.2. The van der Waals surface area contributed by atoms with E-state index in [1.54, 1.807) is 12.1 Å². The predicted octanol–water partition coefficient (Wildman–Crippen LogP) is 4.51. The molecule has 26 heavy (non-hydrogen) atoms. The highest BCUT2D eigenvalue weighted by Gasteiger charge is 2.23. The zero-order valence-corrected chi connectivity index (χ0v) is 17.3. The molecule has 0 spiro atoms. The van der Waals surface area contributed by atoms with Crippen molar-refractivity contribution in [3.8, 4) is 0 Å². The van der Waals surface area contributed by atoms with Gasteiger partial charge in [0.2, 0.25) is 10.0 Å². The first kappa shape index (κ1) is 20.6. The van der Waals surface area contributed by atoms with Crippen molar-refractivity contribution in [3.63, 3.8) is 0 Å². The minimum atomic E-state index is -3.54. The Kier molecular flexibility index (Phi) is 7.37. The largest absolute Gasteiger partial charge is 0.322 e. The minimum absolute atomic E-state index is 0.208. The van der Waals surface area contributed by atoms with Crippen molar-refractivity contribution < 1.29 is 13.2 Å². The van der Waals surface area contributed by atoms with Crippen LogP contribution in [-0.2, 0) is 10.0 Å². The van der Waals surface area contributed by atoms with E-state index in [2.05, 4.69) is 21.2 Å². The molecule has 0 aliphatic carbocycles. The van der Waals surface area contributed by atoms with Crippen LogP contribution in [0.15, 0.2) is 57.9 Å². The normalized spacial score (nSPS) is 11.5. The summed E-state index contributed by atoms with van der Waals surface area (Å²) in [5, 5.41) is 2.79. The maximum absolute atomic E-state index is 12.7. The van der Waals surface area contributed by atoms with Crippen molar-refractivity contribution in [3.05, 3.63) is 58.6 Å². The Bertz CT molecular complexity index is 828. The molecule has 0 aromatic heterocycles. The van der Waals surface area contributed by atoms with E-state index in [9.17, 15) is 13.2 Å². The number of sulfonamides is 1. The minimum Gasteiger partial charge on any atom is -0.322 e. The first-order chi connectivity index (χ1) is 12.4. The fourth-order valence-corrected chi connectivity index (χ4v) is 4.40. The van der Waals surface area contributed by atoms with Crippen LogP contribution < -0.4 is 5.32 Å². The molecule has 7 heteroatoms. The molecule has 0 saturated carbocycles. The molecule has 0 aliphatic rings. The third kappa shape index (κ3) is 5.16. The van der Waals surface area contributed by atoms with Gasteiger partial charge in [0.05, 0.1) is 4.90 Å². The number of carbonyl (C=O) groups excluding carboxylic acids is 1. The first-order valence-corrected chi connectivity index (χ1v) is 10.8. The average molecular weight is 439 g/mol. The number of nitrogens with zero attached hydrogens (tertiary/aromatic N) is 1. The molecule has 1 amide bonds. The smallest absolute Gasteiger partial charge is 0.255 e. The Hall–Kier alpha value is -1.70. The quantitative estimate of drug-likeness (QED) is 0.658. The number of anilines is 1. The van der Waals surface area contributed by atoms with Crippen LogP contribution in [0.4, 0.5) is 5.69 Å². The molecule has 0 bridgehead atoms. The van der Waals surface area contributed by atoms with Crippen LogP contribution in [0.3, 0.4) is 0 Å². The standard InChI is InChI=1S/C19H23BrN2O3S/c1-3-13-22(14-4-2)26(24,25)18-11-5-15(6-12-18)19(23)21-17-9-7-16(20)8-10-17/h5-12H,3-4,13-14H2,1-2H3,(H,21,23). The zero-order chi connectivity index (χ0) is 19.2. The lowest BCUT2D eigenvalue weighted by Crippen LogP contribution is -2.32. The summed E-state index contributed by atoms with van der Waals surface area (Å²) in [5.74, 6) is -0.282. The molecular weight excluding hydrogens is 416 g/mol. The summed E-state index contributed by atoms with van der Waals surface area (Å²) in [6.45, 7) is 4.88. The summed E-state index contributed by atoms with van der Waals surface area (Å²) < 4.78 is 27.9. The van der Waals surface area contributed by atoms with Crippen molar-refractivity contribution in [1.29, 1.82) is 0 Å². The van der Waals surface area contributed by atoms with Gasteiger partial charge in [-0.15, -0.1) is 0 Å². The number of carbonyl (C=O) groups is 1. The summed E-state index contributed by atoms with van der Waals surface area (Å²) in [4.78, 5) is 12.5. The number of rotatable bonds is 8. The molecule has 140 valence electrons. The molecular formula is C19H23BrN2O3S. The molecule has 1 N–H and O–H groups in total. The van der Waals surface area contributed by atoms with Crippen molar-refractivity contribution in [2.75, 3.05) is 18.4 Å². The van der Waals surface area contributed by atoms with E-state index in [0.717, 1.165) is 17.3 Å². The Labute approximate surface area is 163 Å². The monoisotopic (exact) mass is 438 g/mol. The molecule has 0 unspecified atom stereocenters. The molecule has 0 atom stereocenters. The summed E-state index contributed by atoms with van der Waals surface area (Å²) in [7, 11) is -3.54. The van der Waals surface area contributed by atoms with Crippen molar-refractivity contribution >= 4 is 37.5 Å². The maximum Gasteiger partial charge on any atom is 0.255 e. The van der Waals surface area contributed by atoms with Crippen molar-refractivity contribution in [2.24, 2.45) is 0 Å². The summed E-state index contributed by atoms with van der Waals surface area (Å²) in [6, 6.07) is 13.3. The van der Waals surface area contributed by atoms with Gasteiger partial charge in [0.15, 0.2) is 0 Å². The average Bonchev–Trinajstić information content (AvgIpc) is 2.63. The van der Waals surface area contributed by atoms with Gasteiger partial charge in [-0.05, 0) is 61.4 Å². The summed E-state index contributed by atoms with van der Waals surface area (Å²) in [6.07, 6.45) is 1.51. The third-order valence-corrected chi connectivity index (χ3v) is 6.24. The van der Waals surface area contributed by atoms with Gasteiger partial charge in [0, 0.05) is 28.8 Å². The maximum atomic E-state index is 12.7. The fraction of sp³-hybridized carbons (Fsp3) is 0.316. The predicted molar refractivity (Wildman–Crippen MR) is 108 cm³/mol. The van der Waals surface area contributed by atoms with Crippen LogP contribution in [0, 0.1) is 0 Å². The number of hydrogen-bond donors (Lipinski definition) is 1. The van der Waals surface area contributed by atoms with E-state index in [1.807, 2.05) is 26.0 Å². The van der Waals surface area contributed by atoms with Gasteiger partial charge in [0.25, 0.3) is 5.91 Å². The highest BCUT2D eigenvalue weighted by Crippen LogP contribution is 2.19. The number of amides is 1. The SMILES string of the molecule is CCCN(CCC)S(=O)(=O)c1ccc(C(=O)Nc2ccc(Br)cc2)cc1. The van der Waals surface area contributed by atoms with Crippen LogP contribution >= 0.6 is 15.9 Å². The second kappa shape index (κ2) is 9.30. The zero-order valence-electron chi connectivity index (χ0n) is 14.9. The van der Waals surface area contributed by atoms with E-state index in [1.165, 1.54) is 28.6 Å². The second-order valence-electron chi connectivity index (χ2n) is 5.89. The molecule has 0 fully saturated rings. The molecule has 2 aromatic rings. The van der Waals surface area contributed by atoms with E-state index in [0.29, 0.717) is 24.3 Å². The summed E-state index contributed by atoms with van der Waals surface area (Å²) >= 11 is 3.34. The number of halogens is 1. The third-order valence-electron chi connectivity index (χ3n) is 3.80. The Balaban J connectivity index is 2.16. The van der Waals surface area contributed by atoms with Gasteiger partial charge in [-0.2, -0.15) is 4.31 Å². The Morgan fingerprint density at radius 3 is 2.00 bits per heavy atom. The van der Waals surface area contributed by atoms with Crippen molar-refractivity contribution in [1.82, 2.24) is 4.31 Å². The Morgan fingerprint density at radius 2 is 1.50 bits per heavy atom. The van der Waals surface area contributed by atoms with Crippen LogP contribution in [0.2, 0.25) is 0 Å². The number of benzene rings is 2. The molecule has 2 aromatic carbocycles. The van der Waals surface area contributed by atoms with Crippen LogP contribution in [-0.4, -0.2) is 31.7 Å². The topological polar surface area (TPSA) is 66.5 Å². The van der Waals surface area contributed by atoms with E-state index >= 15 is 0 Å². The fourth-order valence-electron chi connectivity index (χ4n) is 2.51. The van der Waals surface area contributed by atoms with Gasteiger partial charge in [-0.1, -0.05) is 29.8 Å². The molecule has 0 radical (unpaired) electrons. The molecule has 0 heterocycles.